The van der Waals surface area contributed by atoms with E-state index in [0.717, 1.165) is 37.2 Å². The molecule has 8 heteroatoms. The van der Waals surface area contributed by atoms with Gasteiger partial charge >= 0.3 is 0 Å². The fourth-order valence-electron chi connectivity index (χ4n) is 3.35. The van der Waals surface area contributed by atoms with Gasteiger partial charge in [-0.3, -0.25) is 0 Å². The summed E-state index contributed by atoms with van der Waals surface area (Å²) >= 11 is 0. The first-order chi connectivity index (χ1) is 15.7. The fraction of sp³-hybridized carbons (Fsp3) is 0.458. The smallest absolute Gasteiger partial charge is 0.148 e. The molecule has 0 spiro atoms. The second-order valence-electron chi connectivity index (χ2n) is 7.54. The Balaban J connectivity index is 2.03. The summed E-state index contributed by atoms with van der Waals surface area (Å²) < 4.78 is 0. The minimum Gasteiger partial charge on any atom is -0.396 e. The van der Waals surface area contributed by atoms with Gasteiger partial charge in [0.15, 0.2) is 0 Å². The van der Waals surface area contributed by atoms with E-state index >= 15 is 0 Å². The molecule has 3 unspecified atom stereocenters. The zero-order chi connectivity index (χ0) is 23.0. The minimum absolute atomic E-state index is 0.00210. The van der Waals surface area contributed by atoms with Crippen molar-refractivity contribution in [1.29, 1.82) is 0 Å². The quantitative estimate of drug-likeness (QED) is 0.260. The van der Waals surface area contributed by atoms with Crippen molar-refractivity contribution in [3.8, 4) is 0 Å². The standard InChI is InChI=1S/C24H37O4P4/c25-18-22(19-26)29-12-15-31(23-8-3-1-4-9-23)13-7-14-32(17-16-30(20-27)21-28)24-10-5-2-6-11-24/h1-6,8-11,15,22,25-29H,7,12-14,16-21H2/q+1. The van der Waals surface area contributed by atoms with E-state index in [2.05, 4.69) is 66.5 Å². The molecule has 4 N–H and O–H groups in total. The van der Waals surface area contributed by atoms with E-state index in [1.165, 1.54) is 10.6 Å². The molecule has 0 amide bonds. The first-order valence-corrected chi connectivity index (χ1v) is 17.5. The zero-order valence-corrected chi connectivity index (χ0v) is 22.3. The molecule has 32 heavy (non-hydrogen) atoms. The highest BCUT2D eigenvalue weighted by Gasteiger charge is 2.18. The third kappa shape index (κ3) is 10.3. The Kier molecular flexibility index (Phi) is 15.1. The maximum atomic E-state index is 9.49. The SMILES string of the molecule is OCC(CO)PCC=[P+](CCCP(CCP(CO)CO)c1ccccc1)c1ccccc1. The molecule has 0 aliphatic heterocycles. The number of hydrogen-bond donors (Lipinski definition) is 4. The van der Waals surface area contributed by atoms with Crippen LogP contribution in [0.3, 0.4) is 0 Å². The number of hydrogen-bond acceptors (Lipinski definition) is 4. The fourth-order valence-corrected chi connectivity index (χ4v) is 11.5. The molecule has 2 aromatic rings. The normalized spacial score (nSPS) is 13.5. The van der Waals surface area contributed by atoms with Gasteiger partial charge in [-0.15, -0.1) is 8.58 Å². The average Bonchev–Trinajstić information content (AvgIpc) is 2.86. The topological polar surface area (TPSA) is 80.9 Å². The Bertz CT molecular complexity index is 753. The van der Waals surface area contributed by atoms with Gasteiger partial charge in [-0.1, -0.05) is 64.4 Å². The van der Waals surface area contributed by atoms with Crippen LogP contribution in [0.5, 0.6) is 0 Å². The van der Waals surface area contributed by atoms with Gasteiger partial charge in [-0.05, 0) is 42.3 Å². The molecular formula is C24H37O4P4+. The third-order valence-electron chi connectivity index (χ3n) is 5.28. The highest BCUT2D eigenvalue weighted by atomic mass is 31.1. The van der Waals surface area contributed by atoms with E-state index in [4.69, 9.17) is 0 Å². The molecule has 0 radical (unpaired) electrons. The molecule has 0 aliphatic carbocycles. The van der Waals surface area contributed by atoms with E-state index in [0.29, 0.717) is 8.58 Å². The van der Waals surface area contributed by atoms with Crippen LogP contribution in [-0.2, 0) is 0 Å². The van der Waals surface area contributed by atoms with Crippen LogP contribution in [0, 0.1) is 0 Å². The highest BCUT2D eigenvalue weighted by Crippen LogP contribution is 2.42. The minimum atomic E-state index is -0.675. The summed E-state index contributed by atoms with van der Waals surface area (Å²) in [7, 11) is -0.792. The highest BCUT2D eigenvalue weighted by molar-refractivity contribution is 7.67. The van der Waals surface area contributed by atoms with Crippen LogP contribution >= 0.6 is 32.0 Å². The third-order valence-corrected chi connectivity index (χ3v) is 14.0. The van der Waals surface area contributed by atoms with Gasteiger partial charge in [0.1, 0.15) is 19.0 Å². The second kappa shape index (κ2) is 17.2. The van der Waals surface area contributed by atoms with Gasteiger partial charge in [-0.25, -0.2) is 0 Å². The van der Waals surface area contributed by atoms with Gasteiger partial charge in [-0.2, -0.15) is 0 Å². The Morgan fingerprint density at radius 3 is 2.03 bits per heavy atom. The monoisotopic (exact) mass is 513 g/mol. The van der Waals surface area contributed by atoms with Crippen LogP contribution in [0.15, 0.2) is 60.7 Å². The molecule has 0 heterocycles. The van der Waals surface area contributed by atoms with Crippen LogP contribution in [0.25, 0.3) is 0 Å². The first kappa shape index (κ1) is 28.0. The first-order valence-electron chi connectivity index (χ1n) is 11.1. The lowest BCUT2D eigenvalue weighted by atomic mass is 10.4. The molecule has 0 aliphatic rings. The van der Waals surface area contributed by atoms with Crippen molar-refractivity contribution < 1.29 is 20.4 Å². The predicted molar refractivity (Wildman–Crippen MR) is 148 cm³/mol. The van der Waals surface area contributed by atoms with Crippen molar-refractivity contribution in [3.63, 3.8) is 0 Å². The van der Waals surface area contributed by atoms with Gasteiger partial charge in [0.25, 0.3) is 0 Å². The number of aliphatic hydroxyl groups is 4. The molecule has 0 aromatic heterocycles. The Hall–Kier alpha value is -0.260. The number of aliphatic hydroxyl groups excluding tert-OH is 4. The van der Waals surface area contributed by atoms with Gasteiger partial charge in [0.2, 0.25) is 0 Å². The summed E-state index contributed by atoms with van der Waals surface area (Å²) in [6.45, 7) is 0.106. The molecule has 0 bridgehead atoms. The largest absolute Gasteiger partial charge is 0.396 e. The van der Waals surface area contributed by atoms with Crippen LogP contribution in [-0.4, -0.2) is 88.6 Å². The van der Waals surface area contributed by atoms with E-state index in [9.17, 15) is 20.4 Å². The molecule has 4 nitrogen and oxygen atoms in total. The summed E-state index contributed by atoms with van der Waals surface area (Å²) in [5, 5.41) is 40.5. The second-order valence-corrected chi connectivity index (χ2v) is 16.3. The molecule has 0 saturated carbocycles. The molecule has 2 rings (SSSR count). The molecule has 0 saturated heterocycles. The van der Waals surface area contributed by atoms with Crippen LogP contribution in [0.1, 0.15) is 6.42 Å². The average molecular weight is 513 g/mol. The Labute approximate surface area is 198 Å². The summed E-state index contributed by atoms with van der Waals surface area (Å²) in [5.74, 6) is 2.43. The van der Waals surface area contributed by atoms with Gasteiger partial charge in [0, 0.05) is 11.8 Å². The lowest BCUT2D eigenvalue weighted by molar-refractivity contribution is 0.227. The molecule has 176 valence electrons. The summed E-state index contributed by atoms with van der Waals surface area (Å²) in [6, 6.07) is 21.4. The van der Waals surface area contributed by atoms with Crippen molar-refractivity contribution in [2.24, 2.45) is 0 Å². The Morgan fingerprint density at radius 1 is 0.812 bits per heavy atom. The summed E-state index contributed by atoms with van der Waals surface area (Å²) in [6.07, 6.45) is 6.62. The van der Waals surface area contributed by atoms with Crippen molar-refractivity contribution in [2.75, 3.05) is 56.7 Å². The van der Waals surface area contributed by atoms with Gasteiger partial charge in [0.05, 0.1) is 31.7 Å². The van der Waals surface area contributed by atoms with E-state index < -0.39 is 7.92 Å². The lowest BCUT2D eigenvalue weighted by Gasteiger charge is -2.20. The van der Waals surface area contributed by atoms with Crippen molar-refractivity contribution >= 4 is 48.4 Å². The summed E-state index contributed by atoms with van der Waals surface area (Å²) in [4.78, 5) is 0. The van der Waals surface area contributed by atoms with Crippen LogP contribution in [0.2, 0.25) is 0 Å². The molecule has 3 atom stereocenters. The molecule has 0 fully saturated rings. The van der Waals surface area contributed by atoms with Crippen LogP contribution in [0.4, 0.5) is 0 Å². The van der Waals surface area contributed by atoms with E-state index in [1.807, 2.05) is 0 Å². The predicted octanol–water partition coefficient (Wildman–Crippen LogP) is 3.21. The molecule has 2 aromatic carbocycles. The van der Waals surface area contributed by atoms with Gasteiger partial charge < -0.3 is 20.4 Å². The maximum absolute atomic E-state index is 9.49. The number of rotatable bonds is 16. The van der Waals surface area contributed by atoms with E-state index in [1.54, 1.807) is 0 Å². The molecular weight excluding hydrogens is 476 g/mol. The zero-order valence-electron chi connectivity index (χ0n) is 18.6. The van der Waals surface area contributed by atoms with Crippen molar-refractivity contribution in [3.05, 3.63) is 60.7 Å². The van der Waals surface area contributed by atoms with Crippen LogP contribution < -0.4 is 10.6 Å². The maximum Gasteiger partial charge on any atom is 0.148 e. The van der Waals surface area contributed by atoms with Crippen molar-refractivity contribution in [2.45, 2.75) is 12.1 Å². The summed E-state index contributed by atoms with van der Waals surface area (Å²) in [5.41, 5.74) is -0.00210. The van der Waals surface area contributed by atoms with E-state index in [-0.39, 0.29) is 47.0 Å². The Morgan fingerprint density at radius 2 is 1.44 bits per heavy atom. The number of benzene rings is 2. The lowest BCUT2D eigenvalue weighted by Crippen LogP contribution is -2.13. The van der Waals surface area contributed by atoms with Crippen molar-refractivity contribution in [1.82, 2.24) is 0 Å².